The Morgan fingerprint density at radius 1 is 0.719 bits per heavy atom. The van der Waals surface area contributed by atoms with Gasteiger partial charge in [0.2, 0.25) is 0 Å². The number of rotatable bonds is 7. The van der Waals surface area contributed by atoms with Crippen LogP contribution in [-0.2, 0) is 6.18 Å². The molecule has 0 amide bonds. The Morgan fingerprint density at radius 2 is 1.25 bits per heavy atom. The number of halogens is 7. The van der Waals surface area contributed by atoms with Crippen molar-refractivity contribution in [2.24, 2.45) is 0 Å². The third-order valence-electron chi connectivity index (χ3n) is 4.34. The molecule has 0 aromatic heterocycles. The molecule has 0 aliphatic rings. The third-order valence-corrected chi connectivity index (χ3v) is 4.34. The first-order valence-corrected chi connectivity index (χ1v) is 9.10. The van der Waals surface area contributed by atoms with Gasteiger partial charge in [-0.1, -0.05) is 12.1 Å². The summed E-state index contributed by atoms with van der Waals surface area (Å²) in [5.74, 6) is 0.0463. The van der Waals surface area contributed by atoms with Gasteiger partial charge in [-0.3, -0.25) is 0 Å². The van der Waals surface area contributed by atoms with Crippen molar-refractivity contribution in [3.8, 4) is 17.2 Å². The Bertz CT molecular complexity index is 1050. The minimum atomic E-state index is -4.63. The average molecular weight is 459 g/mol. The molecule has 0 aliphatic carbocycles. The van der Waals surface area contributed by atoms with Gasteiger partial charge in [0, 0.05) is 30.6 Å². The monoisotopic (exact) mass is 459 g/mol. The van der Waals surface area contributed by atoms with Crippen molar-refractivity contribution in [1.82, 2.24) is 0 Å². The standard InChI is InChI=1S/C22H16F7NO2/c1-30(16-5-3-7-19(13-16)32-22(28,29)20(23)24)15-4-2-6-18(12-15)31-17-10-8-14(9-11-17)21(25,26)27/h2-13,20H,1H3. The van der Waals surface area contributed by atoms with E-state index in [-0.39, 0.29) is 5.75 Å². The summed E-state index contributed by atoms with van der Waals surface area (Å²) in [5.41, 5.74) is 0.0873. The summed E-state index contributed by atoms with van der Waals surface area (Å²) in [4.78, 5) is 1.56. The predicted octanol–water partition coefficient (Wildman–Crippen LogP) is 7.50. The van der Waals surface area contributed by atoms with Crippen LogP contribution < -0.4 is 14.4 Å². The summed E-state index contributed by atoms with van der Waals surface area (Å²) in [6, 6.07) is 15.8. The molecule has 0 N–H and O–H groups in total. The van der Waals surface area contributed by atoms with Gasteiger partial charge in [0.05, 0.1) is 5.56 Å². The molecule has 0 bridgehead atoms. The smallest absolute Gasteiger partial charge is 0.457 e. The Balaban J connectivity index is 1.77. The molecule has 3 aromatic carbocycles. The lowest BCUT2D eigenvalue weighted by molar-refractivity contribution is -0.253. The summed E-state index contributed by atoms with van der Waals surface area (Å²) in [6.45, 7) is 0. The Hall–Kier alpha value is -3.43. The molecular weight excluding hydrogens is 443 g/mol. The van der Waals surface area contributed by atoms with Crippen LogP contribution in [0, 0.1) is 0 Å². The molecular formula is C22H16F7NO2. The predicted molar refractivity (Wildman–Crippen MR) is 104 cm³/mol. The molecule has 3 rings (SSSR count). The zero-order chi connectivity index (χ0) is 23.5. The number of alkyl halides is 7. The van der Waals surface area contributed by atoms with Crippen LogP contribution in [0.3, 0.4) is 0 Å². The van der Waals surface area contributed by atoms with Gasteiger partial charge < -0.3 is 14.4 Å². The van der Waals surface area contributed by atoms with Crippen LogP contribution in [0.5, 0.6) is 17.2 Å². The van der Waals surface area contributed by atoms with E-state index in [1.54, 1.807) is 42.3 Å². The first-order valence-electron chi connectivity index (χ1n) is 9.10. The number of benzene rings is 3. The highest BCUT2D eigenvalue weighted by atomic mass is 19.4. The molecule has 0 saturated heterocycles. The van der Waals surface area contributed by atoms with Crippen LogP contribution in [0.25, 0.3) is 0 Å². The number of ether oxygens (including phenoxy) is 2. The van der Waals surface area contributed by atoms with Gasteiger partial charge in [0.25, 0.3) is 0 Å². The largest absolute Gasteiger partial charge is 0.461 e. The lowest BCUT2D eigenvalue weighted by Crippen LogP contribution is -2.33. The highest BCUT2D eigenvalue weighted by molar-refractivity contribution is 5.65. The lowest BCUT2D eigenvalue weighted by atomic mass is 10.2. The maximum Gasteiger partial charge on any atom is 0.461 e. The fourth-order valence-electron chi connectivity index (χ4n) is 2.71. The minimum absolute atomic E-state index is 0.183. The van der Waals surface area contributed by atoms with E-state index in [4.69, 9.17) is 4.74 Å². The van der Waals surface area contributed by atoms with E-state index in [2.05, 4.69) is 4.74 Å². The zero-order valence-electron chi connectivity index (χ0n) is 16.4. The van der Waals surface area contributed by atoms with Crippen molar-refractivity contribution in [3.63, 3.8) is 0 Å². The van der Waals surface area contributed by atoms with E-state index in [1.807, 2.05) is 0 Å². The van der Waals surface area contributed by atoms with E-state index in [9.17, 15) is 30.7 Å². The number of nitrogens with zero attached hydrogens (tertiary/aromatic N) is 1. The van der Waals surface area contributed by atoms with Crippen LogP contribution in [0.2, 0.25) is 0 Å². The first-order chi connectivity index (χ1) is 15.0. The molecule has 10 heteroatoms. The molecule has 0 spiro atoms. The second-order valence-electron chi connectivity index (χ2n) is 6.64. The maximum absolute atomic E-state index is 13.2. The van der Waals surface area contributed by atoms with Gasteiger partial charge in [-0.05, 0) is 48.5 Å². The summed E-state index contributed by atoms with van der Waals surface area (Å²) >= 11 is 0. The van der Waals surface area contributed by atoms with Gasteiger partial charge >= 0.3 is 18.7 Å². The van der Waals surface area contributed by atoms with E-state index in [1.165, 1.54) is 24.3 Å². The van der Waals surface area contributed by atoms with Crippen molar-refractivity contribution in [3.05, 3.63) is 78.4 Å². The van der Waals surface area contributed by atoms with Gasteiger partial charge in [0.15, 0.2) is 0 Å². The fraction of sp³-hybridized carbons (Fsp3) is 0.182. The molecule has 0 heterocycles. The zero-order valence-corrected chi connectivity index (χ0v) is 16.4. The van der Waals surface area contributed by atoms with E-state index in [0.29, 0.717) is 17.1 Å². The second-order valence-corrected chi connectivity index (χ2v) is 6.64. The number of hydrogen-bond acceptors (Lipinski definition) is 3. The summed E-state index contributed by atoms with van der Waals surface area (Å²) in [7, 11) is 1.60. The molecule has 0 unspecified atom stereocenters. The highest BCUT2D eigenvalue weighted by Crippen LogP contribution is 2.34. The van der Waals surface area contributed by atoms with Gasteiger partial charge in [-0.15, -0.1) is 0 Å². The molecule has 0 atom stereocenters. The molecule has 0 fully saturated rings. The molecule has 170 valence electrons. The fourth-order valence-corrected chi connectivity index (χ4v) is 2.71. The third kappa shape index (κ3) is 5.63. The second kappa shape index (κ2) is 8.97. The quantitative estimate of drug-likeness (QED) is 0.342. The Labute approximate surface area is 178 Å². The summed E-state index contributed by atoms with van der Waals surface area (Å²) < 4.78 is 98.8. The first kappa shape index (κ1) is 23.2. The molecule has 32 heavy (non-hydrogen) atoms. The van der Waals surface area contributed by atoms with E-state index >= 15 is 0 Å². The number of anilines is 2. The molecule has 0 radical (unpaired) electrons. The maximum atomic E-state index is 13.2. The Morgan fingerprint density at radius 3 is 1.78 bits per heavy atom. The van der Waals surface area contributed by atoms with Crippen molar-refractivity contribution in [2.75, 3.05) is 11.9 Å². The van der Waals surface area contributed by atoms with Gasteiger partial charge in [0.1, 0.15) is 17.2 Å². The van der Waals surface area contributed by atoms with Gasteiger partial charge in [-0.25, -0.2) is 0 Å². The minimum Gasteiger partial charge on any atom is -0.457 e. The van der Waals surface area contributed by atoms with Crippen molar-refractivity contribution < 1.29 is 40.2 Å². The van der Waals surface area contributed by atoms with Crippen molar-refractivity contribution in [2.45, 2.75) is 18.7 Å². The van der Waals surface area contributed by atoms with Crippen LogP contribution in [-0.4, -0.2) is 19.6 Å². The van der Waals surface area contributed by atoms with E-state index < -0.39 is 30.0 Å². The van der Waals surface area contributed by atoms with Gasteiger partial charge in [-0.2, -0.15) is 30.7 Å². The molecule has 0 aliphatic heterocycles. The molecule has 0 saturated carbocycles. The van der Waals surface area contributed by atoms with Crippen LogP contribution in [0.1, 0.15) is 5.56 Å². The normalized spacial score (nSPS) is 12.0. The highest BCUT2D eigenvalue weighted by Gasteiger charge is 2.44. The summed E-state index contributed by atoms with van der Waals surface area (Å²) in [5, 5.41) is 0. The van der Waals surface area contributed by atoms with Crippen molar-refractivity contribution >= 4 is 11.4 Å². The average Bonchev–Trinajstić information content (AvgIpc) is 2.73. The number of hydrogen-bond donors (Lipinski definition) is 0. The SMILES string of the molecule is CN(c1cccc(Oc2ccc(C(F)(F)F)cc2)c1)c1cccc(OC(F)(F)C(F)F)c1. The molecule has 3 nitrogen and oxygen atoms in total. The van der Waals surface area contributed by atoms with Crippen LogP contribution >= 0.6 is 0 Å². The Kier molecular flexibility index (Phi) is 6.52. The lowest BCUT2D eigenvalue weighted by Gasteiger charge is -2.22. The van der Waals surface area contributed by atoms with Crippen molar-refractivity contribution in [1.29, 1.82) is 0 Å². The topological polar surface area (TPSA) is 21.7 Å². The molecule has 3 aromatic rings. The van der Waals surface area contributed by atoms with Crippen LogP contribution in [0.4, 0.5) is 42.1 Å². The summed E-state index contributed by atoms with van der Waals surface area (Å²) in [6.07, 6.45) is -13.1. The van der Waals surface area contributed by atoms with Crippen LogP contribution in [0.15, 0.2) is 72.8 Å². The van der Waals surface area contributed by atoms with E-state index in [0.717, 1.165) is 18.2 Å².